The molecule has 1 atom stereocenters. The molecule has 1 aromatic carbocycles. The minimum atomic E-state index is -3.28. The molecular weight excluding hydrogens is 274 g/mol. The molecule has 1 rings (SSSR count). The first kappa shape index (κ1) is 15.1. The highest BCUT2D eigenvalue weighted by atomic mass is 32.2. The Labute approximate surface area is 108 Å². The Balaban J connectivity index is 2.91. The van der Waals surface area contributed by atoms with E-state index in [1.165, 1.54) is 12.1 Å². The van der Waals surface area contributed by atoms with Crippen LogP contribution >= 0.6 is 0 Å². The van der Waals surface area contributed by atoms with Crippen molar-refractivity contribution in [1.29, 1.82) is 0 Å². The quantitative estimate of drug-likeness (QED) is 0.853. The van der Waals surface area contributed by atoms with Crippen molar-refractivity contribution in [2.24, 2.45) is 5.73 Å². The monoisotopic (exact) mass is 291 g/mol. The second kappa shape index (κ2) is 5.38. The summed E-state index contributed by atoms with van der Waals surface area (Å²) in [6.45, 7) is 0. The Morgan fingerprint density at radius 1 is 1.17 bits per heavy atom. The van der Waals surface area contributed by atoms with E-state index in [2.05, 4.69) is 0 Å². The van der Waals surface area contributed by atoms with Crippen molar-refractivity contribution in [1.82, 2.24) is 0 Å². The number of nitrogens with two attached hydrogens (primary N) is 1. The van der Waals surface area contributed by atoms with Gasteiger partial charge < -0.3 is 5.73 Å². The van der Waals surface area contributed by atoms with Gasteiger partial charge in [0.25, 0.3) is 0 Å². The van der Waals surface area contributed by atoms with Crippen molar-refractivity contribution in [3.63, 3.8) is 0 Å². The van der Waals surface area contributed by atoms with Gasteiger partial charge in [-0.2, -0.15) is 0 Å². The van der Waals surface area contributed by atoms with Crippen LogP contribution in [0, 0.1) is 0 Å². The molecule has 0 amide bonds. The van der Waals surface area contributed by atoms with Gasteiger partial charge in [-0.3, -0.25) is 0 Å². The summed E-state index contributed by atoms with van der Waals surface area (Å²) in [6.07, 6.45) is 2.53. The molecule has 0 saturated carbocycles. The summed E-state index contributed by atoms with van der Waals surface area (Å²) in [5.41, 5.74) is 6.48. The van der Waals surface area contributed by atoms with E-state index in [0.29, 0.717) is 5.56 Å². The van der Waals surface area contributed by atoms with E-state index in [1.54, 1.807) is 12.1 Å². The van der Waals surface area contributed by atoms with Crippen LogP contribution in [-0.4, -0.2) is 35.1 Å². The van der Waals surface area contributed by atoms with Crippen molar-refractivity contribution in [3.05, 3.63) is 29.8 Å². The van der Waals surface area contributed by atoms with E-state index in [4.69, 9.17) is 5.73 Å². The first-order valence-corrected chi connectivity index (χ1v) is 9.28. The Morgan fingerprint density at radius 2 is 1.78 bits per heavy atom. The largest absolute Gasteiger partial charge is 0.324 e. The molecule has 0 spiro atoms. The Bertz CT molecular complexity index is 620. The Hall–Kier alpha value is -0.920. The third-order valence-corrected chi connectivity index (χ3v) is 4.60. The summed E-state index contributed by atoms with van der Waals surface area (Å²) in [5.74, 6) is -0.0166. The minimum absolute atomic E-state index is 0.0166. The van der Waals surface area contributed by atoms with E-state index < -0.39 is 25.7 Å². The number of hydrogen-bond donors (Lipinski definition) is 1. The summed E-state index contributed by atoms with van der Waals surface area (Å²) in [7, 11) is -6.34. The maximum absolute atomic E-state index is 11.4. The zero-order valence-corrected chi connectivity index (χ0v) is 12.0. The summed E-state index contributed by atoms with van der Waals surface area (Å²) in [6, 6.07) is 5.79. The molecular formula is C11H17NO4S2. The average molecular weight is 291 g/mol. The molecule has 102 valence electrons. The predicted molar refractivity (Wildman–Crippen MR) is 70.8 cm³/mol. The normalized spacial score (nSPS) is 14.4. The number of rotatable bonds is 5. The maximum Gasteiger partial charge on any atom is 0.175 e. The number of sulfone groups is 2. The highest BCUT2D eigenvalue weighted by Crippen LogP contribution is 2.18. The van der Waals surface area contributed by atoms with Crippen LogP contribution < -0.4 is 5.73 Å². The van der Waals surface area contributed by atoms with Crippen LogP contribution in [0.3, 0.4) is 0 Å². The molecule has 0 aromatic heterocycles. The predicted octanol–water partition coefficient (Wildman–Crippen LogP) is 0.525. The lowest BCUT2D eigenvalue weighted by molar-refractivity contribution is 0.590. The van der Waals surface area contributed by atoms with Gasteiger partial charge >= 0.3 is 0 Å². The SMILES string of the molecule is CS(=O)(=O)CCC(N)c1cccc(S(C)(=O)=O)c1. The second-order valence-electron chi connectivity index (χ2n) is 4.37. The van der Waals surface area contributed by atoms with Crippen molar-refractivity contribution in [3.8, 4) is 0 Å². The highest BCUT2D eigenvalue weighted by Gasteiger charge is 2.13. The Morgan fingerprint density at radius 3 is 2.28 bits per heavy atom. The van der Waals surface area contributed by atoms with Crippen LogP contribution in [0.2, 0.25) is 0 Å². The molecule has 1 aromatic rings. The first-order valence-electron chi connectivity index (χ1n) is 5.33. The van der Waals surface area contributed by atoms with Crippen molar-refractivity contribution in [2.75, 3.05) is 18.3 Å². The van der Waals surface area contributed by atoms with Gasteiger partial charge in [-0.05, 0) is 24.1 Å². The lowest BCUT2D eigenvalue weighted by atomic mass is 10.1. The van der Waals surface area contributed by atoms with Crippen LogP contribution in [0.4, 0.5) is 0 Å². The third kappa shape index (κ3) is 4.75. The fraction of sp³-hybridized carbons (Fsp3) is 0.455. The van der Waals surface area contributed by atoms with E-state index in [-0.39, 0.29) is 17.1 Å². The number of benzene rings is 1. The molecule has 0 aliphatic heterocycles. The molecule has 5 nitrogen and oxygen atoms in total. The van der Waals surface area contributed by atoms with Gasteiger partial charge in [-0.1, -0.05) is 12.1 Å². The van der Waals surface area contributed by atoms with Crippen molar-refractivity contribution < 1.29 is 16.8 Å². The van der Waals surface area contributed by atoms with Crippen LogP contribution in [0.1, 0.15) is 18.0 Å². The molecule has 0 radical (unpaired) electrons. The molecule has 0 aliphatic rings. The zero-order valence-electron chi connectivity index (χ0n) is 10.3. The summed E-state index contributed by atoms with van der Waals surface area (Å²) in [5, 5.41) is 0. The second-order valence-corrected chi connectivity index (χ2v) is 8.65. The van der Waals surface area contributed by atoms with E-state index in [0.717, 1.165) is 12.5 Å². The standard InChI is InChI=1S/C11H17NO4S2/c1-17(13,14)7-6-11(12)9-4-3-5-10(8-9)18(2,15)16/h3-5,8,11H,6-7,12H2,1-2H3. The van der Waals surface area contributed by atoms with Crippen LogP contribution in [0.15, 0.2) is 29.2 Å². The zero-order chi connectivity index (χ0) is 14.0. The smallest absolute Gasteiger partial charge is 0.175 e. The Kier molecular flexibility index (Phi) is 4.52. The average Bonchev–Trinajstić information content (AvgIpc) is 2.24. The van der Waals surface area contributed by atoms with Gasteiger partial charge in [-0.25, -0.2) is 16.8 Å². The highest BCUT2D eigenvalue weighted by molar-refractivity contribution is 7.91. The van der Waals surface area contributed by atoms with Crippen LogP contribution in [0.5, 0.6) is 0 Å². The molecule has 0 heterocycles. The summed E-state index contributed by atoms with van der Waals surface area (Å²) in [4.78, 5) is 0.190. The van der Waals surface area contributed by atoms with Gasteiger partial charge in [0.15, 0.2) is 9.84 Å². The molecule has 0 aliphatic carbocycles. The fourth-order valence-electron chi connectivity index (χ4n) is 1.48. The van der Waals surface area contributed by atoms with Crippen LogP contribution in [-0.2, 0) is 19.7 Å². The molecule has 1 unspecified atom stereocenters. The summed E-state index contributed by atoms with van der Waals surface area (Å²) < 4.78 is 44.9. The molecule has 0 fully saturated rings. The molecule has 7 heteroatoms. The van der Waals surface area contributed by atoms with E-state index >= 15 is 0 Å². The number of hydrogen-bond acceptors (Lipinski definition) is 5. The van der Waals surface area contributed by atoms with Gasteiger partial charge in [0.2, 0.25) is 0 Å². The van der Waals surface area contributed by atoms with Gasteiger partial charge in [0, 0.05) is 18.6 Å². The van der Waals surface area contributed by atoms with E-state index in [1.807, 2.05) is 0 Å². The molecule has 2 N–H and O–H groups in total. The minimum Gasteiger partial charge on any atom is -0.324 e. The van der Waals surface area contributed by atoms with Crippen LogP contribution in [0.25, 0.3) is 0 Å². The van der Waals surface area contributed by atoms with Crippen molar-refractivity contribution in [2.45, 2.75) is 17.4 Å². The molecule has 0 bridgehead atoms. The van der Waals surface area contributed by atoms with E-state index in [9.17, 15) is 16.8 Å². The maximum atomic E-state index is 11.4. The lowest BCUT2D eigenvalue weighted by Gasteiger charge is -2.12. The fourth-order valence-corrected chi connectivity index (χ4v) is 2.84. The molecule has 18 heavy (non-hydrogen) atoms. The molecule has 0 saturated heterocycles. The van der Waals surface area contributed by atoms with Gasteiger partial charge in [-0.15, -0.1) is 0 Å². The van der Waals surface area contributed by atoms with Crippen molar-refractivity contribution >= 4 is 19.7 Å². The third-order valence-electron chi connectivity index (χ3n) is 2.51. The first-order chi connectivity index (χ1) is 8.09. The van der Waals surface area contributed by atoms with Gasteiger partial charge in [0.1, 0.15) is 9.84 Å². The van der Waals surface area contributed by atoms with Gasteiger partial charge in [0.05, 0.1) is 10.6 Å². The topological polar surface area (TPSA) is 94.3 Å². The lowest BCUT2D eigenvalue weighted by Crippen LogP contribution is -2.16. The summed E-state index contributed by atoms with van der Waals surface area (Å²) >= 11 is 0.